The lowest BCUT2D eigenvalue weighted by atomic mass is 10.1. The van der Waals surface area contributed by atoms with E-state index in [1.165, 1.54) is 5.01 Å². The average molecular weight is 387 g/mol. The predicted molar refractivity (Wildman–Crippen MR) is 113 cm³/mol. The smallest absolute Gasteiger partial charge is 0.245 e. The van der Waals surface area contributed by atoms with Crippen LogP contribution in [0.15, 0.2) is 36.4 Å². The summed E-state index contributed by atoms with van der Waals surface area (Å²) in [6.07, 6.45) is 2.16. The van der Waals surface area contributed by atoms with Crippen LogP contribution < -0.4 is 10.7 Å². The minimum atomic E-state index is -0.149. The maximum Gasteiger partial charge on any atom is 0.245 e. The highest BCUT2D eigenvalue weighted by atomic mass is 16.2. The quantitative estimate of drug-likeness (QED) is 0.648. The number of carbonyl (C=O) groups is 2. The van der Waals surface area contributed by atoms with E-state index >= 15 is 0 Å². The van der Waals surface area contributed by atoms with E-state index in [2.05, 4.69) is 43.3 Å². The van der Waals surface area contributed by atoms with E-state index < -0.39 is 0 Å². The first-order valence-corrected chi connectivity index (χ1v) is 10.2. The Morgan fingerprint density at radius 1 is 1.14 bits per heavy atom. The van der Waals surface area contributed by atoms with Gasteiger partial charge in [-0.1, -0.05) is 58.0 Å². The highest BCUT2D eigenvalue weighted by Crippen LogP contribution is 2.16. The lowest BCUT2D eigenvalue weighted by Crippen LogP contribution is -2.50. The standard InChI is InChI=1S/C22H34N4O2/c1-17(2)14-25(15-18(3)4)13-12-23-21(27)16-26-22(28)11-10-20(24-26)19-8-6-5-7-9-19/h5-10,17-18,24H,11-16H2,1-4H3,(H,23,27). The largest absolute Gasteiger partial charge is 0.353 e. The second kappa shape index (κ2) is 10.9. The monoisotopic (exact) mass is 386 g/mol. The molecule has 1 heterocycles. The Kier molecular flexibility index (Phi) is 8.51. The van der Waals surface area contributed by atoms with Crippen molar-refractivity contribution in [2.45, 2.75) is 34.1 Å². The Hall–Kier alpha value is -2.34. The molecule has 2 amide bonds. The van der Waals surface area contributed by atoms with Crippen molar-refractivity contribution < 1.29 is 9.59 Å². The summed E-state index contributed by atoms with van der Waals surface area (Å²) in [5, 5.41) is 4.35. The molecular weight excluding hydrogens is 352 g/mol. The molecule has 1 aliphatic heterocycles. The van der Waals surface area contributed by atoms with Gasteiger partial charge in [0, 0.05) is 32.6 Å². The summed E-state index contributed by atoms with van der Waals surface area (Å²) in [6, 6.07) is 9.80. The summed E-state index contributed by atoms with van der Waals surface area (Å²) in [4.78, 5) is 26.9. The summed E-state index contributed by atoms with van der Waals surface area (Å²) >= 11 is 0. The fourth-order valence-corrected chi connectivity index (χ4v) is 3.32. The number of hydrazine groups is 1. The van der Waals surface area contributed by atoms with Crippen LogP contribution in [0.2, 0.25) is 0 Å². The van der Waals surface area contributed by atoms with Crippen LogP contribution in [-0.4, -0.2) is 54.4 Å². The maximum atomic E-state index is 12.3. The van der Waals surface area contributed by atoms with Crippen LogP contribution in [0.1, 0.15) is 39.7 Å². The molecule has 0 aromatic heterocycles. The number of nitrogens with zero attached hydrogens (tertiary/aromatic N) is 2. The van der Waals surface area contributed by atoms with Crippen LogP contribution in [0.25, 0.3) is 5.70 Å². The number of carbonyl (C=O) groups excluding carboxylic acids is 2. The van der Waals surface area contributed by atoms with Crippen molar-refractivity contribution >= 4 is 17.5 Å². The van der Waals surface area contributed by atoms with Crippen molar-refractivity contribution in [3.8, 4) is 0 Å². The molecule has 0 saturated carbocycles. The molecule has 0 fully saturated rings. The highest BCUT2D eigenvalue weighted by molar-refractivity contribution is 5.88. The van der Waals surface area contributed by atoms with Crippen molar-refractivity contribution in [1.29, 1.82) is 0 Å². The summed E-state index contributed by atoms with van der Waals surface area (Å²) in [7, 11) is 0. The second-order valence-corrected chi connectivity index (χ2v) is 8.18. The zero-order chi connectivity index (χ0) is 20.5. The number of benzene rings is 1. The van der Waals surface area contributed by atoms with E-state index in [9.17, 15) is 9.59 Å². The molecule has 28 heavy (non-hydrogen) atoms. The fourth-order valence-electron chi connectivity index (χ4n) is 3.32. The third-order valence-electron chi connectivity index (χ3n) is 4.42. The predicted octanol–water partition coefficient (Wildman–Crippen LogP) is 2.49. The van der Waals surface area contributed by atoms with Gasteiger partial charge in [-0.25, -0.2) is 5.01 Å². The summed E-state index contributed by atoms with van der Waals surface area (Å²) in [6.45, 7) is 12.3. The SMILES string of the molecule is CC(C)CN(CCNC(=O)CN1NC(c2ccccc2)=CCC1=O)CC(C)C. The van der Waals surface area contributed by atoms with Crippen LogP contribution in [-0.2, 0) is 9.59 Å². The zero-order valence-electron chi connectivity index (χ0n) is 17.6. The highest BCUT2D eigenvalue weighted by Gasteiger charge is 2.22. The van der Waals surface area contributed by atoms with Crippen LogP contribution in [0, 0.1) is 11.8 Å². The minimum Gasteiger partial charge on any atom is -0.353 e. The number of amides is 2. The van der Waals surface area contributed by atoms with Gasteiger partial charge in [-0.05, 0) is 23.5 Å². The summed E-state index contributed by atoms with van der Waals surface area (Å²) in [5.74, 6) is 0.931. The molecule has 6 heteroatoms. The molecule has 2 rings (SSSR count). The topological polar surface area (TPSA) is 64.7 Å². The molecule has 1 aliphatic rings. The molecule has 0 spiro atoms. The first kappa shape index (κ1) is 22.0. The zero-order valence-corrected chi connectivity index (χ0v) is 17.6. The molecule has 2 N–H and O–H groups in total. The van der Waals surface area contributed by atoms with Gasteiger partial charge in [0.25, 0.3) is 0 Å². The van der Waals surface area contributed by atoms with Crippen LogP contribution in [0.4, 0.5) is 0 Å². The van der Waals surface area contributed by atoms with Crippen molar-refractivity contribution in [1.82, 2.24) is 20.7 Å². The number of nitrogens with one attached hydrogen (secondary N) is 2. The molecule has 0 saturated heterocycles. The molecule has 1 aromatic carbocycles. The Morgan fingerprint density at radius 2 is 1.79 bits per heavy atom. The van der Waals surface area contributed by atoms with E-state index in [1.54, 1.807) is 0 Å². The van der Waals surface area contributed by atoms with Gasteiger partial charge in [-0.2, -0.15) is 0 Å². The molecule has 0 aliphatic carbocycles. The molecule has 0 atom stereocenters. The van der Waals surface area contributed by atoms with E-state index in [0.29, 0.717) is 24.8 Å². The number of rotatable bonds is 10. The van der Waals surface area contributed by atoms with Gasteiger partial charge >= 0.3 is 0 Å². The van der Waals surface area contributed by atoms with E-state index in [1.807, 2.05) is 36.4 Å². The van der Waals surface area contributed by atoms with Gasteiger partial charge in [-0.15, -0.1) is 0 Å². The Bertz CT molecular complexity index is 660. The van der Waals surface area contributed by atoms with E-state index in [4.69, 9.17) is 0 Å². The first-order valence-electron chi connectivity index (χ1n) is 10.2. The van der Waals surface area contributed by atoms with Crippen LogP contribution in [0.5, 0.6) is 0 Å². The van der Waals surface area contributed by atoms with Gasteiger partial charge in [0.2, 0.25) is 11.8 Å². The molecule has 1 aromatic rings. The maximum absolute atomic E-state index is 12.3. The van der Waals surface area contributed by atoms with E-state index in [0.717, 1.165) is 30.9 Å². The van der Waals surface area contributed by atoms with Crippen molar-refractivity contribution in [3.63, 3.8) is 0 Å². The van der Waals surface area contributed by atoms with Gasteiger partial charge in [0.15, 0.2) is 0 Å². The van der Waals surface area contributed by atoms with Crippen molar-refractivity contribution in [2.24, 2.45) is 11.8 Å². The van der Waals surface area contributed by atoms with Crippen LogP contribution in [0.3, 0.4) is 0 Å². The van der Waals surface area contributed by atoms with Crippen molar-refractivity contribution in [2.75, 3.05) is 32.7 Å². The molecular formula is C22H34N4O2. The van der Waals surface area contributed by atoms with Gasteiger partial charge < -0.3 is 10.2 Å². The number of hydrogen-bond acceptors (Lipinski definition) is 4. The third kappa shape index (κ3) is 7.35. The third-order valence-corrected chi connectivity index (χ3v) is 4.42. The summed E-state index contributed by atoms with van der Waals surface area (Å²) < 4.78 is 0. The molecule has 6 nitrogen and oxygen atoms in total. The average Bonchev–Trinajstić information content (AvgIpc) is 2.63. The molecule has 154 valence electrons. The molecule has 0 radical (unpaired) electrons. The second-order valence-electron chi connectivity index (χ2n) is 8.18. The normalized spacial score (nSPS) is 14.5. The van der Waals surface area contributed by atoms with Gasteiger partial charge in [0.05, 0.1) is 5.70 Å². The Morgan fingerprint density at radius 3 is 2.39 bits per heavy atom. The lowest BCUT2D eigenvalue weighted by Gasteiger charge is -2.29. The Balaban J connectivity index is 1.81. The minimum absolute atomic E-state index is 0.0113. The van der Waals surface area contributed by atoms with E-state index in [-0.39, 0.29) is 18.4 Å². The molecule has 0 unspecified atom stereocenters. The lowest BCUT2D eigenvalue weighted by molar-refractivity contribution is -0.137. The summed E-state index contributed by atoms with van der Waals surface area (Å²) in [5.41, 5.74) is 4.93. The molecule has 0 bridgehead atoms. The fraction of sp³-hybridized carbons (Fsp3) is 0.545. The Labute approximate surface area is 168 Å². The van der Waals surface area contributed by atoms with Crippen molar-refractivity contribution in [3.05, 3.63) is 42.0 Å². The van der Waals surface area contributed by atoms with Crippen LogP contribution >= 0.6 is 0 Å². The first-order chi connectivity index (χ1) is 13.3. The number of hydrogen-bond donors (Lipinski definition) is 2. The van der Waals surface area contributed by atoms with Gasteiger partial charge in [-0.3, -0.25) is 15.0 Å². The van der Waals surface area contributed by atoms with Gasteiger partial charge in [0.1, 0.15) is 6.54 Å².